The maximum atomic E-state index is 11.7. The van der Waals surface area contributed by atoms with Crippen molar-refractivity contribution in [1.29, 1.82) is 0 Å². The number of anilines is 1. The monoisotopic (exact) mass is 578 g/mol. The minimum Gasteiger partial charge on any atom is -0.465 e. The number of nitrogens with zero attached hydrogens (tertiary/aromatic N) is 3. The minimum absolute atomic E-state index is 0.152. The molecule has 3 aromatic rings. The van der Waals surface area contributed by atoms with Crippen LogP contribution in [0.5, 0.6) is 0 Å². The van der Waals surface area contributed by atoms with Gasteiger partial charge in [-0.1, -0.05) is 29.8 Å². The standard InChI is InChI=1S/C29H39BrN4O3/c1-7-34-26-9-8-21(30)14-23(26)25(16-29(4,5)18-37-20(3)35)28(34)24-15-22(33-12-10-31-11-13-33)17-32-27(24)19(2)36-6/h8-9,14-15,17,19,31H,7,10-13,16,18H2,1-6H3/t19-/m0/s1/i10D2,11D2,12D2,13D2. The van der Waals surface area contributed by atoms with Crippen LogP contribution in [0.2, 0.25) is 0 Å². The molecule has 0 bridgehead atoms. The molecule has 2 aromatic heterocycles. The largest absolute Gasteiger partial charge is 0.465 e. The minimum atomic E-state index is -3.04. The van der Waals surface area contributed by atoms with Crippen molar-refractivity contribution < 1.29 is 25.2 Å². The molecule has 0 spiro atoms. The van der Waals surface area contributed by atoms with Crippen LogP contribution in [0.3, 0.4) is 0 Å². The molecule has 1 fully saturated rings. The van der Waals surface area contributed by atoms with Gasteiger partial charge in [0.1, 0.15) is 0 Å². The predicted molar refractivity (Wildman–Crippen MR) is 153 cm³/mol. The first kappa shape index (κ1) is 18.8. The van der Waals surface area contributed by atoms with E-state index in [9.17, 15) is 4.79 Å². The number of aryl methyl sites for hydroxylation is 1. The number of ether oxygens (including phenoxy) is 2. The van der Waals surface area contributed by atoms with Crippen molar-refractivity contribution in [3.63, 3.8) is 0 Å². The summed E-state index contributed by atoms with van der Waals surface area (Å²) in [4.78, 5) is 16.8. The summed E-state index contributed by atoms with van der Waals surface area (Å²) < 4.78 is 81.9. The van der Waals surface area contributed by atoms with E-state index in [1.54, 1.807) is 6.92 Å². The zero-order chi connectivity index (χ0) is 33.9. The van der Waals surface area contributed by atoms with Gasteiger partial charge in [0.05, 0.1) is 41.5 Å². The second-order valence-electron chi connectivity index (χ2n) is 9.79. The van der Waals surface area contributed by atoms with Crippen LogP contribution in [0.4, 0.5) is 5.69 Å². The lowest BCUT2D eigenvalue weighted by Crippen LogP contribution is -2.43. The van der Waals surface area contributed by atoms with Gasteiger partial charge in [0.2, 0.25) is 0 Å². The number of hydrogen-bond acceptors (Lipinski definition) is 6. The molecule has 0 amide bonds. The molecule has 1 saturated heterocycles. The Labute approximate surface area is 239 Å². The molecule has 8 heteroatoms. The third-order valence-electron chi connectivity index (χ3n) is 6.38. The van der Waals surface area contributed by atoms with Crippen LogP contribution in [0.1, 0.15) is 62.9 Å². The van der Waals surface area contributed by atoms with Crippen LogP contribution in [0, 0.1) is 5.41 Å². The Morgan fingerprint density at radius 3 is 2.68 bits per heavy atom. The van der Waals surface area contributed by atoms with E-state index < -0.39 is 43.5 Å². The Balaban J connectivity index is 2.09. The van der Waals surface area contributed by atoms with Crippen LogP contribution in [0.15, 0.2) is 34.9 Å². The fourth-order valence-electron chi connectivity index (χ4n) is 4.61. The lowest BCUT2D eigenvalue weighted by Gasteiger charge is -2.30. The smallest absolute Gasteiger partial charge is 0.302 e. The van der Waals surface area contributed by atoms with Gasteiger partial charge in [-0.15, -0.1) is 0 Å². The number of esters is 1. The Morgan fingerprint density at radius 2 is 2.03 bits per heavy atom. The zero-order valence-corrected chi connectivity index (χ0v) is 23.6. The molecular formula is C29H39BrN4O3. The number of halogens is 1. The Bertz CT molecular complexity index is 1590. The van der Waals surface area contributed by atoms with Crippen molar-refractivity contribution in [3.05, 3.63) is 46.2 Å². The lowest BCUT2D eigenvalue weighted by molar-refractivity contribution is -0.143. The molecule has 0 unspecified atom stereocenters. The first-order chi connectivity index (χ1) is 20.6. The summed E-state index contributed by atoms with van der Waals surface area (Å²) in [7, 11) is 1.52. The van der Waals surface area contributed by atoms with Gasteiger partial charge in [0.15, 0.2) is 0 Å². The van der Waals surface area contributed by atoms with E-state index in [-0.39, 0.29) is 12.3 Å². The second-order valence-corrected chi connectivity index (χ2v) is 10.7. The molecule has 1 aliphatic heterocycles. The lowest BCUT2D eigenvalue weighted by atomic mass is 9.84. The SMILES string of the molecule is [2H]C1([2H])NC([2H])([2H])C([2H])([2H])N(c2cnc([C@H](C)OC)c(-c3c(CC(C)(C)COC(C)=O)c4cc(Br)ccc4n3CC)c2)C1([2H])[2H]. The van der Waals surface area contributed by atoms with E-state index in [2.05, 4.69) is 25.5 Å². The van der Waals surface area contributed by atoms with Crippen LogP contribution in [0.25, 0.3) is 22.2 Å². The average molecular weight is 580 g/mol. The second kappa shape index (κ2) is 11.5. The summed E-state index contributed by atoms with van der Waals surface area (Å²) in [5, 5.41) is 2.80. The number of nitrogens with one attached hydrogen (secondary N) is 1. The van der Waals surface area contributed by atoms with E-state index in [1.807, 2.05) is 44.3 Å². The summed E-state index contributed by atoms with van der Waals surface area (Å²) in [6.45, 7) is -2.26. The fraction of sp³-hybridized carbons (Fsp3) is 0.517. The fourth-order valence-corrected chi connectivity index (χ4v) is 4.97. The van der Waals surface area contributed by atoms with Crippen LogP contribution in [-0.4, -0.2) is 55.2 Å². The first-order valence-electron chi connectivity index (χ1n) is 16.2. The molecule has 37 heavy (non-hydrogen) atoms. The van der Waals surface area contributed by atoms with E-state index in [0.717, 1.165) is 20.9 Å². The number of carbonyl (C=O) groups excluding carboxylic acids is 1. The number of aromatic nitrogens is 2. The molecule has 0 aliphatic carbocycles. The van der Waals surface area contributed by atoms with Gasteiger partial charge in [-0.2, -0.15) is 0 Å². The highest BCUT2D eigenvalue weighted by Crippen LogP contribution is 2.42. The highest BCUT2D eigenvalue weighted by Gasteiger charge is 2.29. The third kappa shape index (κ3) is 6.02. The molecular weight excluding hydrogens is 532 g/mol. The Kier molecular flexibility index (Phi) is 5.85. The topological polar surface area (TPSA) is 68.6 Å². The molecule has 3 heterocycles. The maximum absolute atomic E-state index is 11.7. The number of methoxy groups -OCH3 is 1. The number of piperazine rings is 1. The molecule has 200 valence electrons. The van der Waals surface area contributed by atoms with Gasteiger partial charge in [-0.05, 0) is 50.1 Å². The number of pyridine rings is 1. The molecule has 1 N–H and O–H groups in total. The van der Waals surface area contributed by atoms with E-state index in [4.69, 9.17) is 20.4 Å². The van der Waals surface area contributed by atoms with Gasteiger partial charge in [0.25, 0.3) is 0 Å². The summed E-state index contributed by atoms with van der Waals surface area (Å²) in [6.07, 6.45) is 1.11. The normalized spacial score (nSPS) is 23.9. The Morgan fingerprint density at radius 1 is 1.30 bits per heavy atom. The van der Waals surface area contributed by atoms with Gasteiger partial charge >= 0.3 is 5.97 Å². The van der Waals surface area contributed by atoms with Crippen LogP contribution < -0.4 is 10.2 Å². The highest BCUT2D eigenvalue weighted by molar-refractivity contribution is 9.10. The predicted octanol–water partition coefficient (Wildman–Crippen LogP) is 5.73. The average Bonchev–Trinajstić information content (AvgIpc) is 3.21. The van der Waals surface area contributed by atoms with E-state index in [1.165, 1.54) is 26.3 Å². The number of benzene rings is 1. The van der Waals surface area contributed by atoms with Crippen LogP contribution >= 0.6 is 15.9 Å². The number of hydrogen-bond donors (Lipinski definition) is 1. The maximum Gasteiger partial charge on any atom is 0.302 e. The van der Waals surface area contributed by atoms with Crippen molar-refractivity contribution in [3.8, 4) is 11.3 Å². The number of fused-ring (bicyclic) bond motifs is 1. The molecule has 1 atom stereocenters. The van der Waals surface area contributed by atoms with Crippen molar-refractivity contribution in [2.45, 2.75) is 53.7 Å². The molecule has 0 radical (unpaired) electrons. The molecule has 7 nitrogen and oxygen atoms in total. The number of carbonyl (C=O) groups is 1. The zero-order valence-electron chi connectivity index (χ0n) is 30.0. The first-order valence-corrected chi connectivity index (χ1v) is 13.0. The quantitative estimate of drug-likeness (QED) is 0.327. The molecule has 1 aliphatic rings. The van der Waals surface area contributed by atoms with Gasteiger partial charge in [-0.25, -0.2) is 0 Å². The van der Waals surface area contributed by atoms with Crippen molar-refractivity contribution in [2.75, 3.05) is 44.6 Å². The Hall–Kier alpha value is -2.42. The molecule has 0 saturated carbocycles. The number of rotatable bonds is 9. The van der Waals surface area contributed by atoms with Crippen LogP contribution in [-0.2, 0) is 27.2 Å². The van der Waals surface area contributed by atoms with E-state index in [0.29, 0.717) is 34.8 Å². The summed E-state index contributed by atoms with van der Waals surface area (Å²) in [5.41, 5.74) is 2.77. The van der Waals surface area contributed by atoms with Gasteiger partial charge in [-0.3, -0.25) is 9.78 Å². The molecule has 1 aromatic carbocycles. The van der Waals surface area contributed by atoms with Gasteiger partial charge < -0.3 is 24.3 Å². The third-order valence-corrected chi connectivity index (χ3v) is 6.88. The van der Waals surface area contributed by atoms with Crippen molar-refractivity contribution >= 4 is 38.5 Å². The van der Waals surface area contributed by atoms with Crippen molar-refractivity contribution in [2.24, 2.45) is 5.41 Å². The van der Waals surface area contributed by atoms with Gasteiger partial charge in [0, 0.05) is 78.4 Å². The van der Waals surface area contributed by atoms with Crippen molar-refractivity contribution in [1.82, 2.24) is 14.9 Å². The summed E-state index contributed by atoms with van der Waals surface area (Å²) in [5.74, 6) is -0.394. The van der Waals surface area contributed by atoms with E-state index >= 15 is 0 Å². The summed E-state index contributed by atoms with van der Waals surface area (Å²) in [6, 6.07) is 7.42. The summed E-state index contributed by atoms with van der Waals surface area (Å²) >= 11 is 3.59. The highest BCUT2D eigenvalue weighted by atomic mass is 79.9. The molecule has 4 rings (SSSR count).